The lowest BCUT2D eigenvalue weighted by molar-refractivity contribution is -0.120. The van der Waals surface area contributed by atoms with Gasteiger partial charge in [0.15, 0.2) is 0 Å². The summed E-state index contributed by atoms with van der Waals surface area (Å²) >= 11 is 7.40. The Morgan fingerprint density at radius 3 is 2.79 bits per heavy atom. The minimum atomic E-state index is -1.05. The van der Waals surface area contributed by atoms with Crippen molar-refractivity contribution in [2.75, 3.05) is 4.90 Å². The molecule has 0 saturated carbocycles. The maximum atomic E-state index is 15.3. The average molecular weight is 425 g/mol. The summed E-state index contributed by atoms with van der Waals surface area (Å²) in [5.74, 6) is -1.09. The number of anilines is 1. The molecule has 1 saturated heterocycles. The van der Waals surface area contributed by atoms with Crippen LogP contribution in [-0.2, 0) is 4.79 Å². The third kappa shape index (κ3) is 2.24. The highest BCUT2D eigenvalue weighted by atomic mass is 35.5. The molecule has 2 aliphatic rings. The minimum Gasteiger partial charge on any atom is -0.345 e. The molecule has 9 heteroatoms. The molecule has 2 aliphatic heterocycles. The minimum absolute atomic E-state index is 0.186. The lowest BCUT2D eigenvalue weighted by atomic mass is 9.86. The maximum absolute atomic E-state index is 15.3. The number of halogens is 2. The van der Waals surface area contributed by atoms with Crippen molar-refractivity contribution in [3.05, 3.63) is 58.4 Å². The van der Waals surface area contributed by atoms with Crippen molar-refractivity contribution in [1.29, 1.82) is 0 Å². The van der Waals surface area contributed by atoms with Gasteiger partial charge in [-0.3, -0.25) is 15.0 Å². The number of rotatable bonds is 1. The molecule has 4 heterocycles. The Labute approximate surface area is 171 Å². The van der Waals surface area contributed by atoms with Crippen molar-refractivity contribution < 1.29 is 14.0 Å². The van der Waals surface area contributed by atoms with Gasteiger partial charge in [-0.05, 0) is 47.5 Å². The standard InChI is InChI=1S/C20H10ClFN4O2S/c21-16-2-1-15(29-16)8-3-10-9-5-12-13(24-7-23-12)6-14(9)26-18(17(10)11(22)4-8)19(27)25-20(26)28/h1-7,18H,(H,23,24)(H,25,27,28). The number of H-pyrrole nitrogens is 1. The number of carbonyl (C=O) groups excluding carboxylic acids is 2. The van der Waals surface area contributed by atoms with Crippen molar-refractivity contribution >= 4 is 51.6 Å². The zero-order valence-corrected chi connectivity index (χ0v) is 16.1. The number of nitrogens with one attached hydrogen (secondary N) is 2. The first-order chi connectivity index (χ1) is 14.0. The van der Waals surface area contributed by atoms with Crippen LogP contribution >= 0.6 is 22.9 Å². The van der Waals surface area contributed by atoms with Crippen molar-refractivity contribution in [2.24, 2.45) is 0 Å². The number of carbonyl (C=O) groups is 2. The van der Waals surface area contributed by atoms with E-state index in [1.807, 2.05) is 18.2 Å². The van der Waals surface area contributed by atoms with E-state index in [4.69, 9.17) is 11.6 Å². The zero-order valence-electron chi connectivity index (χ0n) is 14.5. The predicted molar refractivity (Wildman–Crippen MR) is 109 cm³/mol. The van der Waals surface area contributed by atoms with Crippen molar-refractivity contribution in [3.63, 3.8) is 0 Å². The highest BCUT2D eigenvalue weighted by Crippen LogP contribution is 2.50. The van der Waals surface area contributed by atoms with Gasteiger partial charge >= 0.3 is 6.03 Å². The summed E-state index contributed by atoms with van der Waals surface area (Å²) in [6, 6.07) is 8.75. The zero-order chi connectivity index (χ0) is 19.9. The van der Waals surface area contributed by atoms with Crippen LogP contribution in [0.4, 0.5) is 14.9 Å². The highest BCUT2D eigenvalue weighted by molar-refractivity contribution is 7.19. The Hall–Kier alpha value is -3.23. The Morgan fingerprint density at radius 2 is 2.00 bits per heavy atom. The molecule has 0 radical (unpaired) electrons. The van der Waals surface area contributed by atoms with E-state index in [9.17, 15) is 9.59 Å². The second kappa shape index (κ2) is 5.65. The summed E-state index contributed by atoms with van der Waals surface area (Å²) in [5.41, 5.74) is 4.00. The first-order valence-corrected chi connectivity index (χ1v) is 9.91. The first-order valence-electron chi connectivity index (χ1n) is 8.72. The third-order valence-corrected chi connectivity index (χ3v) is 6.58. The fourth-order valence-electron chi connectivity index (χ4n) is 4.09. The van der Waals surface area contributed by atoms with Crippen LogP contribution in [0.5, 0.6) is 0 Å². The van der Waals surface area contributed by atoms with Gasteiger partial charge in [-0.2, -0.15) is 0 Å². The Bertz CT molecular complexity index is 1380. The largest absolute Gasteiger partial charge is 0.345 e. The third-order valence-electron chi connectivity index (χ3n) is 5.30. The SMILES string of the molecule is O=C1NC(=O)N2c3cc4nc[nH]c4cc3-c3cc(-c4ccc(Cl)s4)cc(F)c3C12. The van der Waals surface area contributed by atoms with Crippen LogP contribution in [0.2, 0.25) is 4.34 Å². The van der Waals surface area contributed by atoms with Crippen LogP contribution in [0, 0.1) is 5.82 Å². The summed E-state index contributed by atoms with van der Waals surface area (Å²) in [4.78, 5) is 34.4. The Morgan fingerprint density at radius 1 is 1.14 bits per heavy atom. The summed E-state index contributed by atoms with van der Waals surface area (Å²) < 4.78 is 15.9. The molecule has 2 N–H and O–H groups in total. The lowest BCUT2D eigenvalue weighted by Crippen LogP contribution is -2.33. The highest BCUT2D eigenvalue weighted by Gasteiger charge is 2.47. The second-order valence-corrected chi connectivity index (χ2v) is 8.59. The van der Waals surface area contributed by atoms with E-state index >= 15 is 4.39 Å². The van der Waals surface area contributed by atoms with Crippen LogP contribution < -0.4 is 10.2 Å². The monoisotopic (exact) mass is 424 g/mol. The van der Waals surface area contributed by atoms with E-state index in [1.54, 1.807) is 18.5 Å². The van der Waals surface area contributed by atoms with E-state index in [2.05, 4.69) is 15.3 Å². The summed E-state index contributed by atoms with van der Waals surface area (Å²) in [6.07, 6.45) is 1.55. The van der Waals surface area contributed by atoms with E-state index in [0.717, 1.165) is 10.4 Å². The van der Waals surface area contributed by atoms with Crippen molar-refractivity contribution in [1.82, 2.24) is 15.3 Å². The molecule has 2 aromatic carbocycles. The predicted octanol–water partition coefficient (Wildman–Crippen LogP) is 4.86. The number of imide groups is 1. The molecule has 0 aliphatic carbocycles. The summed E-state index contributed by atoms with van der Waals surface area (Å²) in [5, 5.41) is 2.30. The molecule has 1 fully saturated rings. The molecule has 2 aromatic heterocycles. The number of fused-ring (bicyclic) bond motifs is 7. The molecule has 0 spiro atoms. The smallest absolute Gasteiger partial charge is 0.329 e. The first kappa shape index (κ1) is 16.7. The van der Waals surface area contributed by atoms with E-state index in [0.29, 0.717) is 32.2 Å². The van der Waals surface area contributed by atoms with Gasteiger partial charge in [0.05, 0.1) is 27.4 Å². The van der Waals surface area contributed by atoms with Crippen LogP contribution in [0.15, 0.2) is 42.7 Å². The number of amides is 3. The van der Waals surface area contributed by atoms with Crippen LogP contribution in [-0.4, -0.2) is 21.9 Å². The van der Waals surface area contributed by atoms with Crippen LogP contribution in [0.1, 0.15) is 11.6 Å². The van der Waals surface area contributed by atoms with Gasteiger partial charge in [-0.15, -0.1) is 11.3 Å². The van der Waals surface area contributed by atoms with Gasteiger partial charge in [-0.1, -0.05) is 11.6 Å². The van der Waals surface area contributed by atoms with Gasteiger partial charge in [0.25, 0.3) is 5.91 Å². The van der Waals surface area contributed by atoms with Gasteiger partial charge in [0.2, 0.25) is 0 Å². The van der Waals surface area contributed by atoms with Gasteiger partial charge in [-0.25, -0.2) is 14.2 Å². The Kier molecular flexibility index (Phi) is 3.25. The average Bonchev–Trinajstić information content (AvgIpc) is 3.39. The molecule has 6 rings (SSSR count). The molecule has 0 bridgehead atoms. The number of urea groups is 1. The number of thiophene rings is 1. The molecule has 1 atom stereocenters. The molecular formula is C20H10ClFN4O2S. The van der Waals surface area contributed by atoms with Crippen LogP contribution in [0.25, 0.3) is 32.6 Å². The summed E-state index contributed by atoms with van der Waals surface area (Å²) in [7, 11) is 0. The van der Waals surface area contributed by atoms with E-state index in [-0.39, 0.29) is 5.56 Å². The molecule has 142 valence electrons. The number of hydrogen-bond acceptors (Lipinski definition) is 4. The fourth-order valence-corrected chi connectivity index (χ4v) is 5.12. The van der Waals surface area contributed by atoms with E-state index < -0.39 is 23.8 Å². The molecule has 29 heavy (non-hydrogen) atoms. The van der Waals surface area contributed by atoms with Crippen molar-refractivity contribution in [3.8, 4) is 21.6 Å². The fraction of sp³-hybridized carbons (Fsp3) is 0.0500. The number of aromatic amines is 1. The molecule has 6 nitrogen and oxygen atoms in total. The maximum Gasteiger partial charge on any atom is 0.329 e. The normalized spacial score (nSPS) is 17.3. The van der Waals surface area contributed by atoms with Gasteiger partial charge < -0.3 is 4.98 Å². The van der Waals surface area contributed by atoms with Gasteiger partial charge in [0.1, 0.15) is 11.9 Å². The Balaban J connectivity index is 1.70. The number of hydrogen-bond donors (Lipinski definition) is 2. The van der Waals surface area contributed by atoms with Gasteiger partial charge in [0, 0.05) is 16.0 Å². The number of benzene rings is 2. The molecule has 3 amide bonds. The molecular weight excluding hydrogens is 415 g/mol. The number of nitrogens with zero attached hydrogens (tertiary/aromatic N) is 2. The topological polar surface area (TPSA) is 78.1 Å². The summed E-state index contributed by atoms with van der Waals surface area (Å²) in [6.45, 7) is 0. The number of imidazole rings is 1. The quantitative estimate of drug-likeness (QED) is 0.428. The molecule has 4 aromatic rings. The van der Waals surface area contributed by atoms with E-state index in [1.165, 1.54) is 22.3 Å². The van der Waals surface area contributed by atoms with Crippen LogP contribution in [0.3, 0.4) is 0 Å². The lowest BCUT2D eigenvalue weighted by Gasteiger charge is -2.32. The molecule has 1 unspecified atom stereocenters. The van der Waals surface area contributed by atoms with Crippen molar-refractivity contribution in [2.45, 2.75) is 6.04 Å². The number of aromatic nitrogens is 2. The second-order valence-electron chi connectivity index (χ2n) is 6.88.